The van der Waals surface area contributed by atoms with Gasteiger partial charge in [0.1, 0.15) is 0 Å². The molecule has 0 unspecified atom stereocenters. The van der Waals surface area contributed by atoms with Crippen molar-refractivity contribution < 1.29 is 9.59 Å². The van der Waals surface area contributed by atoms with E-state index < -0.39 is 5.92 Å². The molecule has 1 amide bonds. The summed E-state index contributed by atoms with van der Waals surface area (Å²) >= 11 is 0. The van der Waals surface area contributed by atoms with Crippen LogP contribution in [0.25, 0.3) is 10.8 Å². The molecule has 148 valence electrons. The molecule has 2 aromatic heterocycles. The quantitative estimate of drug-likeness (QED) is 0.691. The number of hydrogen-bond acceptors (Lipinski definition) is 5. The maximum absolute atomic E-state index is 13.1. The molecule has 1 N–H and O–H groups in total. The van der Waals surface area contributed by atoms with Crippen molar-refractivity contribution in [3.8, 4) is 0 Å². The van der Waals surface area contributed by atoms with Gasteiger partial charge in [-0.2, -0.15) is 5.10 Å². The molecule has 3 aromatic rings. The van der Waals surface area contributed by atoms with Crippen LogP contribution in [0.15, 0.2) is 53.6 Å². The number of carbonyl (C=O) groups excluding carboxylic acids is 2. The Morgan fingerprint density at radius 1 is 1.10 bits per heavy atom. The summed E-state index contributed by atoms with van der Waals surface area (Å²) in [6.45, 7) is 2.87. The molecule has 0 saturated carbocycles. The summed E-state index contributed by atoms with van der Waals surface area (Å²) in [5.41, 5.74) is 0.923. The van der Waals surface area contributed by atoms with Crippen molar-refractivity contribution >= 4 is 22.5 Å². The summed E-state index contributed by atoms with van der Waals surface area (Å²) < 4.78 is 0. The number of ketones is 1. The van der Waals surface area contributed by atoms with Crippen molar-refractivity contribution in [1.29, 1.82) is 0 Å². The van der Waals surface area contributed by atoms with Crippen LogP contribution in [0.5, 0.6) is 0 Å². The number of Topliss-reactive ketones (excluding diaryl/α,β-unsaturated/α-hetero) is 1. The molecule has 4 rings (SSSR count). The highest BCUT2D eigenvalue weighted by Crippen LogP contribution is 2.26. The van der Waals surface area contributed by atoms with Crippen LogP contribution >= 0.6 is 0 Å². The maximum atomic E-state index is 13.1. The molecule has 1 fully saturated rings. The standard InChI is InChI=1S/C22H22N4O3/c1-14(19-17-6-2-3-7-18(17)21(28)25-24-19)22(29)26-11-8-15(9-12-26)20(27)16-5-4-10-23-13-16/h2-7,10,13-15H,8-9,11-12H2,1H3,(H,25,28)/t14-/m1/s1. The summed E-state index contributed by atoms with van der Waals surface area (Å²) in [5.74, 6) is -0.526. The monoisotopic (exact) mass is 390 g/mol. The van der Waals surface area contributed by atoms with Gasteiger partial charge in [-0.15, -0.1) is 0 Å². The highest BCUT2D eigenvalue weighted by atomic mass is 16.2. The van der Waals surface area contributed by atoms with Gasteiger partial charge in [0, 0.05) is 42.4 Å². The van der Waals surface area contributed by atoms with Gasteiger partial charge in [-0.3, -0.25) is 19.4 Å². The van der Waals surface area contributed by atoms with E-state index in [1.165, 1.54) is 0 Å². The molecule has 0 radical (unpaired) electrons. The highest BCUT2D eigenvalue weighted by molar-refractivity contribution is 5.98. The predicted octanol–water partition coefficient (Wildman–Crippen LogP) is 2.54. The van der Waals surface area contributed by atoms with E-state index in [1.807, 2.05) is 19.1 Å². The van der Waals surface area contributed by atoms with Gasteiger partial charge in [-0.1, -0.05) is 18.2 Å². The molecule has 3 heterocycles. The number of pyridine rings is 1. The first-order chi connectivity index (χ1) is 14.1. The summed E-state index contributed by atoms with van der Waals surface area (Å²) in [4.78, 5) is 43.5. The number of likely N-dealkylation sites (tertiary alicyclic amines) is 1. The van der Waals surface area contributed by atoms with E-state index in [-0.39, 0.29) is 23.2 Å². The number of rotatable bonds is 4. The molecule has 0 spiro atoms. The fraction of sp³-hybridized carbons (Fsp3) is 0.318. The molecule has 7 nitrogen and oxygen atoms in total. The molecule has 7 heteroatoms. The molecule has 0 bridgehead atoms. The minimum atomic E-state index is -0.484. The molecule has 1 atom stereocenters. The summed E-state index contributed by atoms with van der Waals surface area (Å²) in [6, 6.07) is 10.7. The molecular weight excluding hydrogens is 368 g/mol. The molecular formula is C22H22N4O3. The number of hydrogen-bond donors (Lipinski definition) is 1. The van der Waals surface area contributed by atoms with E-state index in [4.69, 9.17) is 0 Å². The van der Waals surface area contributed by atoms with E-state index in [0.717, 1.165) is 0 Å². The normalized spacial score (nSPS) is 16.0. The van der Waals surface area contributed by atoms with Crippen LogP contribution in [0.4, 0.5) is 0 Å². The molecule has 1 aromatic carbocycles. The molecule has 29 heavy (non-hydrogen) atoms. The Morgan fingerprint density at radius 3 is 2.52 bits per heavy atom. The lowest BCUT2D eigenvalue weighted by Gasteiger charge is -2.33. The number of nitrogens with zero attached hydrogens (tertiary/aromatic N) is 3. The smallest absolute Gasteiger partial charge is 0.272 e. The minimum absolute atomic E-state index is 0.0398. The van der Waals surface area contributed by atoms with Crippen molar-refractivity contribution in [2.24, 2.45) is 5.92 Å². The summed E-state index contributed by atoms with van der Waals surface area (Å²) in [5, 5.41) is 7.87. The third kappa shape index (κ3) is 3.68. The van der Waals surface area contributed by atoms with Crippen LogP contribution < -0.4 is 5.56 Å². The Bertz CT molecular complexity index is 1100. The number of aromatic nitrogens is 3. The van der Waals surface area contributed by atoms with Gasteiger partial charge in [-0.05, 0) is 38.0 Å². The van der Waals surface area contributed by atoms with E-state index in [1.54, 1.807) is 41.6 Å². The summed E-state index contributed by atoms with van der Waals surface area (Å²) in [7, 11) is 0. The zero-order chi connectivity index (χ0) is 20.4. The number of piperidine rings is 1. The zero-order valence-electron chi connectivity index (χ0n) is 16.2. The van der Waals surface area contributed by atoms with E-state index in [2.05, 4.69) is 15.2 Å². The number of H-pyrrole nitrogens is 1. The van der Waals surface area contributed by atoms with Crippen molar-refractivity contribution in [3.63, 3.8) is 0 Å². The van der Waals surface area contributed by atoms with Gasteiger partial charge in [-0.25, -0.2) is 5.10 Å². The SMILES string of the molecule is C[C@@H](C(=O)N1CCC(C(=O)c2cccnc2)CC1)c1n[nH]c(=O)c2ccccc12. The van der Waals surface area contributed by atoms with Gasteiger partial charge in [0.15, 0.2) is 5.78 Å². The maximum Gasteiger partial charge on any atom is 0.272 e. The molecule has 1 saturated heterocycles. The van der Waals surface area contributed by atoms with Gasteiger partial charge in [0.25, 0.3) is 5.56 Å². The van der Waals surface area contributed by atoms with Crippen molar-refractivity contribution in [3.05, 3.63) is 70.4 Å². The predicted molar refractivity (Wildman–Crippen MR) is 109 cm³/mol. The first-order valence-electron chi connectivity index (χ1n) is 9.76. The number of carbonyl (C=O) groups is 2. The number of amides is 1. The second kappa shape index (κ2) is 7.95. The second-order valence-corrected chi connectivity index (χ2v) is 7.41. The molecule has 0 aliphatic carbocycles. The number of fused-ring (bicyclic) bond motifs is 1. The fourth-order valence-electron chi connectivity index (χ4n) is 3.96. The minimum Gasteiger partial charge on any atom is -0.342 e. The highest BCUT2D eigenvalue weighted by Gasteiger charge is 2.31. The van der Waals surface area contributed by atoms with Crippen LogP contribution in [0.2, 0.25) is 0 Å². The van der Waals surface area contributed by atoms with Crippen LogP contribution in [0.3, 0.4) is 0 Å². The second-order valence-electron chi connectivity index (χ2n) is 7.41. The topological polar surface area (TPSA) is 96.0 Å². The molecule has 1 aliphatic rings. The van der Waals surface area contributed by atoms with E-state index >= 15 is 0 Å². The fourth-order valence-corrected chi connectivity index (χ4v) is 3.96. The van der Waals surface area contributed by atoms with Crippen molar-refractivity contribution in [2.45, 2.75) is 25.7 Å². The van der Waals surface area contributed by atoms with Crippen molar-refractivity contribution in [2.75, 3.05) is 13.1 Å². The third-order valence-corrected chi connectivity index (χ3v) is 5.63. The first-order valence-corrected chi connectivity index (χ1v) is 9.76. The van der Waals surface area contributed by atoms with Crippen LogP contribution in [-0.4, -0.2) is 44.9 Å². The van der Waals surface area contributed by atoms with Crippen LogP contribution in [0.1, 0.15) is 41.7 Å². The van der Waals surface area contributed by atoms with Gasteiger partial charge < -0.3 is 4.90 Å². The number of benzene rings is 1. The summed E-state index contributed by atoms with van der Waals surface area (Å²) in [6.07, 6.45) is 4.50. The van der Waals surface area contributed by atoms with E-state index in [0.29, 0.717) is 48.0 Å². The lowest BCUT2D eigenvalue weighted by molar-refractivity contribution is -0.133. The number of aromatic amines is 1. The van der Waals surface area contributed by atoms with Crippen molar-refractivity contribution in [1.82, 2.24) is 20.1 Å². The largest absolute Gasteiger partial charge is 0.342 e. The van der Waals surface area contributed by atoms with Gasteiger partial charge >= 0.3 is 0 Å². The average Bonchev–Trinajstić information content (AvgIpc) is 2.79. The Morgan fingerprint density at radius 2 is 1.83 bits per heavy atom. The van der Waals surface area contributed by atoms with Crippen LogP contribution in [0, 0.1) is 5.92 Å². The van der Waals surface area contributed by atoms with Gasteiger partial charge in [0.2, 0.25) is 5.91 Å². The Hall–Kier alpha value is -3.35. The van der Waals surface area contributed by atoms with Gasteiger partial charge in [0.05, 0.1) is 17.0 Å². The lowest BCUT2D eigenvalue weighted by atomic mass is 9.88. The zero-order valence-corrected chi connectivity index (χ0v) is 16.2. The van der Waals surface area contributed by atoms with E-state index in [9.17, 15) is 14.4 Å². The Balaban J connectivity index is 1.47. The van der Waals surface area contributed by atoms with Crippen LogP contribution in [-0.2, 0) is 4.79 Å². The lowest BCUT2D eigenvalue weighted by Crippen LogP contribution is -2.42. The average molecular weight is 390 g/mol. The number of nitrogens with one attached hydrogen (secondary N) is 1. The Kier molecular flexibility index (Phi) is 5.20. The first kappa shape index (κ1) is 19.0. The Labute approximate surface area is 167 Å². The third-order valence-electron chi connectivity index (χ3n) is 5.63. The molecule has 1 aliphatic heterocycles.